The molecule has 0 rings (SSSR count). The number of allylic oxidation sites excluding steroid dienone is 2. The third-order valence-electron chi connectivity index (χ3n) is 1.40. The van der Waals surface area contributed by atoms with Crippen LogP contribution in [0.4, 0.5) is 0 Å². The zero-order valence-electron chi connectivity index (χ0n) is 7.22. The molecule has 0 aliphatic rings. The maximum absolute atomic E-state index is 10.9. The Morgan fingerprint density at radius 1 is 1.64 bits per heavy atom. The van der Waals surface area contributed by atoms with E-state index in [0.29, 0.717) is 17.7 Å². The largest absolute Gasteiger partial charge is 0.397 e. The maximum atomic E-state index is 10.9. The van der Waals surface area contributed by atoms with E-state index in [-0.39, 0.29) is 5.78 Å². The number of carbonyl (C=O) groups is 1. The van der Waals surface area contributed by atoms with E-state index in [9.17, 15) is 4.79 Å². The number of hydrogen-bond donors (Lipinski definition) is 1. The summed E-state index contributed by atoms with van der Waals surface area (Å²) >= 11 is 0. The molecular formula is C8H14N2O. The van der Waals surface area contributed by atoms with E-state index in [1.54, 1.807) is 7.05 Å². The Bertz CT molecular complexity index is 204. The molecule has 11 heavy (non-hydrogen) atoms. The van der Waals surface area contributed by atoms with Crippen LogP contribution >= 0.6 is 0 Å². The van der Waals surface area contributed by atoms with Gasteiger partial charge in [0.15, 0.2) is 5.78 Å². The van der Waals surface area contributed by atoms with E-state index in [0.717, 1.165) is 0 Å². The molecular weight excluding hydrogens is 140 g/mol. The van der Waals surface area contributed by atoms with Gasteiger partial charge in [0, 0.05) is 18.8 Å². The van der Waals surface area contributed by atoms with Gasteiger partial charge < -0.3 is 5.73 Å². The normalized spacial score (nSPS) is 13.4. The fourth-order valence-corrected chi connectivity index (χ4v) is 0.873. The van der Waals surface area contributed by atoms with Crippen molar-refractivity contribution in [2.75, 3.05) is 7.05 Å². The van der Waals surface area contributed by atoms with Gasteiger partial charge in [0.25, 0.3) is 0 Å². The quantitative estimate of drug-likeness (QED) is 0.485. The highest BCUT2D eigenvalue weighted by molar-refractivity contribution is 5.99. The molecule has 0 heterocycles. The second-order valence-electron chi connectivity index (χ2n) is 2.23. The number of rotatable bonds is 3. The van der Waals surface area contributed by atoms with Crippen molar-refractivity contribution in [3.8, 4) is 0 Å². The fourth-order valence-electron chi connectivity index (χ4n) is 0.873. The van der Waals surface area contributed by atoms with Gasteiger partial charge in [-0.25, -0.2) is 0 Å². The van der Waals surface area contributed by atoms with Crippen molar-refractivity contribution >= 4 is 12.0 Å². The highest BCUT2D eigenvalue weighted by atomic mass is 16.1. The molecule has 0 amide bonds. The van der Waals surface area contributed by atoms with Crippen LogP contribution in [-0.2, 0) is 4.79 Å². The molecule has 3 nitrogen and oxygen atoms in total. The molecule has 0 aromatic heterocycles. The van der Waals surface area contributed by atoms with Crippen LogP contribution in [0.5, 0.6) is 0 Å². The van der Waals surface area contributed by atoms with Crippen LogP contribution in [0.25, 0.3) is 0 Å². The summed E-state index contributed by atoms with van der Waals surface area (Å²) in [6.07, 6.45) is 2.16. The van der Waals surface area contributed by atoms with E-state index in [4.69, 9.17) is 5.73 Å². The predicted molar refractivity (Wildman–Crippen MR) is 46.6 cm³/mol. The summed E-state index contributed by atoms with van der Waals surface area (Å²) in [5.74, 6) is 0.0184. The summed E-state index contributed by atoms with van der Waals surface area (Å²) in [7, 11) is 1.63. The number of ketones is 1. The lowest BCUT2D eigenvalue weighted by atomic mass is 10.1. The van der Waals surface area contributed by atoms with Crippen molar-refractivity contribution in [1.29, 1.82) is 0 Å². The summed E-state index contributed by atoms with van der Waals surface area (Å²) in [5.41, 5.74) is 6.67. The minimum Gasteiger partial charge on any atom is -0.397 e. The number of aliphatic imine (C=N–C) groups is 1. The van der Waals surface area contributed by atoms with E-state index in [2.05, 4.69) is 4.99 Å². The van der Waals surface area contributed by atoms with Gasteiger partial charge in [0.05, 0.1) is 5.70 Å². The van der Waals surface area contributed by atoms with E-state index >= 15 is 0 Å². The highest BCUT2D eigenvalue weighted by Gasteiger charge is 2.03. The Morgan fingerprint density at radius 3 is 2.45 bits per heavy atom. The van der Waals surface area contributed by atoms with Gasteiger partial charge in [-0.1, -0.05) is 6.92 Å². The lowest BCUT2D eigenvalue weighted by Gasteiger charge is -2.00. The first-order chi connectivity index (χ1) is 5.13. The molecule has 62 valence electrons. The molecule has 0 saturated carbocycles. The summed E-state index contributed by atoms with van der Waals surface area (Å²) in [4.78, 5) is 14.6. The lowest BCUT2D eigenvalue weighted by molar-refractivity contribution is -0.113. The summed E-state index contributed by atoms with van der Waals surface area (Å²) in [5, 5.41) is 0. The lowest BCUT2D eigenvalue weighted by Crippen LogP contribution is -2.09. The molecule has 0 bridgehead atoms. The molecule has 0 fully saturated rings. The smallest absolute Gasteiger partial charge is 0.157 e. The molecule has 0 atom stereocenters. The van der Waals surface area contributed by atoms with Crippen LogP contribution in [0, 0.1) is 0 Å². The van der Waals surface area contributed by atoms with Crippen LogP contribution in [0.3, 0.4) is 0 Å². The minimum absolute atomic E-state index is 0.0184. The van der Waals surface area contributed by atoms with Crippen molar-refractivity contribution < 1.29 is 4.79 Å². The van der Waals surface area contributed by atoms with Crippen molar-refractivity contribution in [3.63, 3.8) is 0 Å². The Balaban J connectivity index is 4.67. The standard InChI is InChI=1S/C8H14N2O/c1-4-7(6(2)11)8(9)5-10-3/h5H,4,9H2,1-3H3/b8-7-,10-5?. The van der Waals surface area contributed by atoms with Gasteiger partial charge in [-0.15, -0.1) is 0 Å². The molecule has 0 radical (unpaired) electrons. The topological polar surface area (TPSA) is 55.5 Å². The van der Waals surface area contributed by atoms with Crippen molar-refractivity contribution in [2.45, 2.75) is 20.3 Å². The molecule has 0 aliphatic carbocycles. The van der Waals surface area contributed by atoms with Gasteiger partial charge in [0.2, 0.25) is 0 Å². The molecule has 0 aromatic carbocycles. The Kier molecular flexibility index (Phi) is 4.18. The van der Waals surface area contributed by atoms with E-state index < -0.39 is 0 Å². The summed E-state index contributed by atoms with van der Waals surface area (Å²) in [6.45, 7) is 3.41. The third kappa shape index (κ3) is 2.98. The van der Waals surface area contributed by atoms with Crippen molar-refractivity contribution in [3.05, 3.63) is 11.3 Å². The second kappa shape index (κ2) is 4.66. The second-order valence-corrected chi connectivity index (χ2v) is 2.23. The number of nitrogens with zero attached hydrogens (tertiary/aromatic N) is 1. The average Bonchev–Trinajstić information content (AvgIpc) is 1.88. The first-order valence-corrected chi connectivity index (χ1v) is 3.55. The Labute approximate surface area is 67.0 Å². The molecule has 3 heteroatoms. The SMILES string of the molecule is CC/C(C(C)=O)=C(/N)C=NC. The van der Waals surface area contributed by atoms with Crippen LogP contribution in [0.2, 0.25) is 0 Å². The van der Waals surface area contributed by atoms with Crippen molar-refractivity contribution in [2.24, 2.45) is 10.7 Å². The minimum atomic E-state index is 0.0184. The zero-order valence-corrected chi connectivity index (χ0v) is 7.22. The van der Waals surface area contributed by atoms with Gasteiger partial charge >= 0.3 is 0 Å². The first-order valence-electron chi connectivity index (χ1n) is 3.55. The molecule has 0 aliphatic heterocycles. The van der Waals surface area contributed by atoms with Crippen LogP contribution in [0.1, 0.15) is 20.3 Å². The molecule has 0 aromatic rings. The van der Waals surface area contributed by atoms with Crippen LogP contribution in [0.15, 0.2) is 16.3 Å². The number of hydrogen-bond acceptors (Lipinski definition) is 3. The summed E-state index contributed by atoms with van der Waals surface area (Å²) < 4.78 is 0. The highest BCUT2D eigenvalue weighted by Crippen LogP contribution is 2.03. The summed E-state index contributed by atoms with van der Waals surface area (Å²) in [6, 6.07) is 0. The predicted octanol–water partition coefficient (Wildman–Crippen LogP) is 0.899. The maximum Gasteiger partial charge on any atom is 0.157 e. The van der Waals surface area contributed by atoms with Crippen LogP contribution < -0.4 is 5.73 Å². The molecule has 0 unspecified atom stereocenters. The van der Waals surface area contributed by atoms with Crippen molar-refractivity contribution in [1.82, 2.24) is 0 Å². The van der Waals surface area contributed by atoms with Gasteiger partial charge in [0.1, 0.15) is 0 Å². The van der Waals surface area contributed by atoms with Crippen LogP contribution in [-0.4, -0.2) is 19.0 Å². The first kappa shape index (κ1) is 9.88. The van der Waals surface area contributed by atoms with E-state index in [1.807, 2.05) is 6.92 Å². The van der Waals surface area contributed by atoms with Gasteiger partial charge in [-0.3, -0.25) is 9.79 Å². The number of Topliss-reactive ketones (excluding diaryl/α,β-unsaturated/α-hetero) is 1. The molecule has 0 spiro atoms. The molecule has 2 N–H and O–H groups in total. The third-order valence-corrected chi connectivity index (χ3v) is 1.40. The average molecular weight is 154 g/mol. The number of carbonyl (C=O) groups excluding carboxylic acids is 1. The zero-order chi connectivity index (χ0) is 8.85. The van der Waals surface area contributed by atoms with Gasteiger partial charge in [-0.2, -0.15) is 0 Å². The molecule has 0 saturated heterocycles. The Hall–Kier alpha value is -1.12. The van der Waals surface area contributed by atoms with Gasteiger partial charge in [-0.05, 0) is 13.3 Å². The monoisotopic (exact) mass is 154 g/mol. The Morgan fingerprint density at radius 2 is 2.18 bits per heavy atom. The fraction of sp³-hybridized carbons (Fsp3) is 0.500. The van der Waals surface area contributed by atoms with E-state index in [1.165, 1.54) is 13.1 Å². The number of nitrogens with two attached hydrogens (primary N) is 1.